The number of thiol groups is 2. The Kier molecular flexibility index (Phi) is 7.83. The van der Waals surface area contributed by atoms with Crippen LogP contribution in [-0.2, 0) is 12.8 Å². The molecule has 0 atom stereocenters. The van der Waals surface area contributed by atoms with E-state index in [1.807, 2.05) is 30.3 Å². The maximum Gasteiger partial charge on any atom is 0.0206 e. The van der Waals surface area contributed by atoms with Gasteiger partial charge in [0.1, 0.15) is 0 Å². The van der Waals surface area contributed by atoms with Crippen molar-refractivity contribution in [3.05, 3.63) is 120 Å². The smallest absolute Gasteiger partial charge is 0.0206 e. The van der Waals surface area contributed by atoms with Crippen LogP contribution in [0.25, 0.3) is 11.1 Å². The van der Waals surface area contributed by atoms with Crippen LogP contribution in [0.2, 0.25) is 0 Å². The van der Waals surface area contributed by atoms with Crippen LogP contribution >= 0.6 is 25.3 Å². The lowest BCUT2D eigenvalue weighted by Gasteiger charge is -2.07. The zero-order valence-electron chi connectivity index (χ0n) is 15.7. The van der Waals surface area contributed by atoms with Gasteiger partial charge in [-0.05, 0) is 41.2 Å². The molecule has 0 aliphatic rings. The lowest BCUT2D eigenvalue weighted by Crippen LogP contribution is -1.92. The predicted octanol–water partition coefficient (Wildman–Crippen LogP) is 7.40. The van der Waals surface area contributed by atoms with Crippen molar-refractivity contribution in [2.45, 2.75) is 22.6 Å². The molecule has 4 aromatic carbocycles. The Morgan fingerprint density at radius 1 is 0.464 bits per heavy atom. The molecule has 0 unspecified atom stereocenters. The third kappa shape index (κ3) is 6.05. The van der Waals surface area contributed by atoms with Crippen molar-refractivity contribution in [2.75, 3.05) is 0 Å². The lowest BCUT2D eigenvalue weighted by molar-refractivity contribution is 0.922. The van der Waals surface area contributed by atoms with Crippen molar-refractivity contribution in [3.8, 4) is 11.1 Å². The quantitative estimate of drug-likeness (QED) is 0.328. The van der Waals surface area contributed by atoms with E-state index in [1.54, 1.807) is 0 Å². The maximum absolute atomic E-state index is 4.48. The highest BCUT2D eigenvalue weighted by Crippen LogP contribution is 2.23. The normalized spacial score (nSPS) is 10.1. The van der Waals surface area contributed by atoms with E-state index < -0.39 is 0 Å². The highest BCUT2D eigenvalue weighted by molar-refractivity contribution is 7.83. The fourth-order valence-corrected chi connectivity index (χ4v) is 3.45. The molecule has 0 amide bonds. The van der Waals surface area contributed by atoms with Crippen LogP contribution in [-0.4, -0.2) is 0 Å². The third-order valence-corrected chi connectivity index (χ3v) is 5.58. The Labute approximate surface area is 179 Å². The van der Waals surface area contributed by atoms with Gasteiger partial charge < -0.3 is 0 Å². The van der Waals surface area contributed by atoms with E-state index >= 15 is 0 Å². The van der Waals surface area contributed by atoms with Crippen molar-refractivity contribution in [1.82, 2.24) is 0 Å². The second kappa shape index (κ2) is 10.8. The first-order valence-electron chi connectivity index (χ1n) is 9.38. The van der Waals surface area contributed by atoms with Crippen LogP contribution in [0.3, 0.4) is 0 Å². The molecule has 4 aromatic rings. The Balaban J connectivity index is 0.000000167. The summed E-state index contributed by atoms with van der Waals surface area (Å²) >= 11 is 8.85. The Bertz CT molecular complexity index is 927. The summed E-state index contributed by atoms with van der Waals surface area (Å²) in [5.41, 5.74) is 5.18. The van der Waals surface area contributed by atoms with Crippen LogP contribution in [0.4, 0.5) is 0 Å². The number of rotatable bonds is 4. The molecule has 0 N–H and O–H groups in total. The molecule has 0 bridgehead atoms. The lowest BCUT2D eigenvalue weighted by atomic mass is 10.0. The van der Waals surface area contributed by atoms with Crippen molar-refractivity contribution in [1.29, 1.82) is 0 Å². The second-order valence-corrected chi connectivity index (χ2v) is 7.43. The topological polar surface area (TPSA) is 0 Å². The Morgan fingerprint density at radius 2 is 0.964 bits per heavy atom. The van der Waals surface area contributed by atoms with Gasteiger partial charge in [-0.3, -0.25) is 0 Å². The maximum atomic E-state index is 4.48. The molecule has 0 saturated carbocycles. The number of benzene rings is 4. The van der Waals surface area contributed by atoms with E-state index in [9.17, 15) is 0 Å². The van der Waals surface area contributed by atoms with Gasteiger partial charge in [-0.25, -0.2) is 0 Å². The van der Waals surface area contributed by atoms with Gasteiger partial charge in [0.25, 0.3) is 0 Å². The average Bonchev–Trinajstić information content (AvgIpc) is 2.77. The summed E-state index contributed by atoms with van der Waals surface area (Å²) in [5.74, 6) is 0. The number of aryl methyl sites for hydroxylation is 2. The van der Waals surface area contributed by atoms with Crippen molar-refractivity contribution < 1.29 is 0 Å². The van der Waals surface area contributed by atoms with Gasteiger partial charge in [-0.2, -0.15) is 0 Å². The molecule has 28 heavy (non-hydrogen) atoms. The average molecular weight is 401 g/mol. The molecular formula is C26H24S2. The SMILES string of the molecule is Sc1cccc(CCc2ccccc2)c1S.c1ccc(-c2ccccc2)cc1. The van der Waals surface area contributed by atoms with Crippen molar-refractivity contribution in [2.24, 2.45) is 0 Å². The van der Waals surface area contributed by atoms with Gasteiger partial charge in [0, 0.05) is 9.79 Å². The fraction of sp³-hybridized carbons (Fsp3) is 0.0769. The summed E-state index contributed by atoms with van der Waals surface area (Å²) in [6, 6.07) is 37.4. The molecule has 0 heterocycles. The molecular weight excluding hydrogens is 376 g/mol. The van der Waals surface area contributed by atoms with Crippen LogP contribution in [0.15, 0.2) is 119 Å². The highest BCUT2D eigenvalue weighted by Gasteiger charge is 2.02. The molecule has 0 nitrogen and oxygen atoms in total. The van der Waals surface area contributed by atoms with E-state index in [0.717, 1.165) is 22.6 Å². The molecule has 0 spiro atoms. The minimum atomic E-state index is 0.953. The minimum absolute atomic E-state index is 0.953. The zero-order chi connectivity index (χ0) is 19.6. The molecule has 4 rings (SSSR count). The van der Waals surface area contributed by atoms with Crippen LogP contribution in [0.1, 0.15) is 11.1 Å². The monoisotopic (exact) mass is 400 g/mol. The van der Waals surface area contributed by atoms with Crippen LogP contribution in [0.5, 0.6) is 0 Å². The molecule has 140 valence electrons. The highest BCUT2D eigenvalue weighted by atomic mass is 32.1. The molecule has 0 radical (unpaired) electrons. The first-order chi connectivity index (χ1) is 13.7. The largest absolute Gasteiger partial charge is 0.142 e. The summed E-state index contributed by atoms with van der Waals surface area (Å²) < 4.78 is 0. The van der Waals surface area contributed by atoms with Gasteiger partial charge >= 0.3 is 0 Å². The van der Waals surface area contributed by atoms with Gasteiger partial charge in [-0.15, -0.1) is 25.3 Å². The number of hydrogen-bond acceptors (Lipinski definition) is 2. The fourth-order valence-electron chi connectivity index (χ4n) is 2.96. The Morgan fingerprint density at radius 3 is 1.50 bits per heavy atom. The second-order valence-electron chi connectivity index (χ2n) is 6.50. The molecule has 0 fully saturated rings. The molecule has 0 aromatic heterocycles. The first kappa shape index (κ1) is 20.3. The van der Waals surface area contributed by atoms with E-state index in [1.165, 1.54) is 22.3 Å². The molecule has 0 saturated heterocycles. The van der Waals surface area contributed by atoms with Gasteiger partial charge in [0.2, 0.25) is 0 Å². The van der Waals surface area contributed by atoms with E-state index in [4.69, 9.17) is 0 Å². The van der Waals surface area contributed by atoms with Gasteiger partial charge in [-0.1, -0.05) is 103 Å². The minimum Gasteiger partial charge on any atom is -0.142 e. The standard InChI is InChI=1S/C14H14S2.C12H10/c15-13-8-4-7-12(14(13)16)10-9-11-5-2-1-3-6-11;1-3-7-11(8-4-1)12-9-5-2-6-10-12/h1-8,15-16H,9-10H2;1-10H. The van der Waals surface area contributed by atoms with Crippen LogP contribution in [0, 0.1) is 0 Å². The summed E-state index contributed by atoms with van der Waals surface area (Å²) in [6.07, 6.45) is 2.06. The predicted molar refractivity (Wildman–Crippen MR) is 127 cm³/mol. The van der Waals surface area contributed by atoms with Crippen molar-refractivity contribution in [3.63, 3.8) is 0 Å². The molecule has 0 aliphatic heterocycles. The van der Waals surface area contributed by atoms with E-state index in [0.29, 0.717) is 0 Å². The van der Waals surface area contributed by atoms with E-state index in [2.05, 4.69) is 104 Å². The molecule has 2 heteroatoms. The molecule has 0 aliphatic carbocycles. The zero-order valence-corrected chi connectivity index (χ0v) is 17.5. The summed E-state index contributed by atoms with van der Waals surface area (Å²) in [5, 5.41) is 0. The van der Waals surface area contributed by atoms with E-state index in [-0.39, 0.29) is 0 Å². The summed E-state index contributed by atoms with van der Waals surface area (Å²) in [6.45, 7) is 0. The van der Waals surface area contributed by atoms with Crippen molar-refractivity contribution >= 4 is 25.3 Å². The Hall–Kier alpha value is -2.42. The third-order valence-electron chi connectivity index (χ3n) is 4.51. The van der Waals surface area contributed by atoms with Gasteiger partial charge in [0.15, 0.2) is 0 Å². The van der Waals surface area contributed by atoms with Gasteiger partial charge in [0.05, 0.1) is 0 Å². The summed E-state index contributed by atoms with van der Waals surface area (Å²) in [7, 11) is 0. The van der Waals surface area contributed by atoms with Crippen LogP contribution < -0.4 is 0 Å². The number of hydrogen-bond donors (Lipinski definition) is 2. The summed E-state index contributed by atoms with van der Waals surface area (Å²) in [4.78, 5) is 1.95. The first-order valence-corrected chi connectivity index (χ1v) is 10.3.